The summed E-state index contributed by atoms with van der Waals surface area (Å²) < 4.78 is 0. The van der Waals surface area contributed by atoms with Crippen LogP contribution in [0, 0.1) is 0 Å². The molecule has 0 aliphatic carbocycles. The van der Waals surface area contributed by atoms with Gasteiger partial charge in [0.1, 0.15) is 5.82 Å². The molecule has 0 saturated carbocycles. The molecule has 0 aliphatic heterocycles. The predicted octanol–water partition coefficient (Wildman–Crippen LogP) is 3.33. The molecule has 0 bridgehead atoms. The Balaban J connectivity index is 1.86. The van der Waals surface area contributed by atoms with E-state index in [9.17, 15) is 4.79 Å². The summed E-state index contributed by atoms with van der Waals surface area (Å²) in [5, 5.41) is 4.09. The van der Waals surface area contributed by atoms with Crippen molar-refractivity contribution in [2.75, 3.05) is 0 Å². The molecule has 4 heteroatoms. The zero-order chi connectivity index (χ0) is 15.5. The number of hydrogen-bond acceptors (Lipinski definition) is 3. The van der Waals surface area contributed by atoms with Gasteiger partial charge in [-0.3, -0.25) is 4.79 Å². The van der Waals surface area contributed by atoms with Gasteiger partial charge in [-0.15, -0.1) is 0 Å². The summed E-state index contributed by atoms with van der Waals surface area (Å²) in [6, 6.07) is 17.7. The van der Waals surface area contributed by atoms with Crippen molar-refractivity contribution in [3.8, 4) is 0 Å². The van der Waals surface area contributed by atoms with Gasteiger partial charge in [0.2, 0.25) is 0 Å². The van der Waals surface area contributed by atoms with E-state index in [-0.39, 0.29) is 17.6 Å². The second-order valence-electron chi connectivity index (χ2n) is 5.49. The lowest BCUT2D eigenvalue weighted by Crippen LogP contribution is -2.26. The zero-order valence-electron chi connectivity index (χ0n) is 12.7. The van der Waals surface area contributed by atoms with Crippen molar-refractivity contribution in [3.05, 3.63) is 76.3 Å². The molecule has 2 aromatic carbocycles. The fraction of sp³-hybridized carbons (Fsp3) is 0.222. The summed E-state index contributed by atoms with van der Waals surface area (Å²) >= 11 is 0. The van der Waals surface area contributed by atoms with Crippen LogP contribution in [0.15, 0.2) is 59.4 Å². The van der Waals surface area contributed by atoms with Crippen LogP contribution in [0.4, 0.5) is 0 Å². The van der Waals surface area contributed by atoms with Crippen molar-refractivity contribution in [3.63, 3.8) is 0 Å². The second kappa shape index (κ2) is 6.12. The molecule has 3 rings (SSSR count). The molecule has 0 amide bonds. The van der Waals surface area contributed by atoms with Gasteiger partial charge in [0.25, 0.3) is 5.56 Å². The fourth-order valence-electron chi connectivity index (χ4n) is 2.60. The predicted molar refractivity (Wildman–Crippen MR) is 88.8 cm³/mol. The molecule has 0 aliphatic rings. The third-order valence-electron chi connectivity index (χ3n) is 3.84. The third-order valence-corrected chi connectivity index (χ3v) is 3.84. The number of aromatic amines is 1. The highest BCUT2D eigenvalue weighted by atomic mass is 16.1. The first-order chi connectivity index (χ1) is 10.6. The zero-order valence-corrected chi connectivity index (χ0v) is 12.7. The molecule has 0 fully saturated rings. The Morgan fingerprint density at radius 1 is 0.955 bits per heavy atom. The fourth-order valence-corrected chi connectivity index (χ4v) is 2.60. The van der Waals surface area contributed by atoms with Gasteiger partial charge in [-0.05, 0) is 31.5 Å². The molecule has 1 aromatic heterocycles. The van der Waals surface area contributed by atoms with Crippen LogP contribution in [0.3, 0.4) is 0 Å². The van der Waals surface area contributed by atoms with Crippen LogP contribution in [0.2, 0.25) is 0 Å². The SMILES string of the molecule is C[C@H](N[C@H](C)c1ccccc1)c1nc2ccccc2c(=O)[nH]1. The van der Waals surface area contributed by atoms with Crippen LogP contribution in [0.1, 0.15) is 37.3 Å². The first-order valence-electron chi connectivity index (χ1n) is 7.45. The van der Waals surface area contributed by atoms with E-state index in [0.29, 0.717) is 11.2 Å². The first kappa shape index (κ1) is 14.5. The van der Waals surface area contributed by atoms with E-state index in [4.69, 9.17) is 0 Å². The minimum atomic E-state index is -0.0957. The van der Waals surface area contributed by atoms with Gasteiger partial charge in [0.05, 0.1) is 16.9 Å². The normalized spacial score (nSPS) is 13.9. The van der Waals surface area contributed by atoms with Gasteiger partial charge in [-0.1, -0.05) is 42.5 Å². The molecule has 2 N–H and O–H groups in total. The number of H-pyrrole nitrogens is 1. The maximum atomic E-state index is 12.1. The van der Waals surface area contributed by atoms with E-state index in [2.05, 4.69) is 34.3 Å². The average molecular weight is 293 g/mol. The number of fused-ring (bicyclic) bond motifs is 1. The molecular formula is C18H19N3O. The molecule has 112 valence electrons. The van der Waals surface area contributed by atoms with Gasteiger partial charge in [0.15, 0.2) is 0 Å². The van der Waals surface area contributed by atoms with Crippen molar-refractivity contribution in [1.82, 2.24) is 15.3 Å². The van der Waals surface area contributed by atoms with Crippen molar-refractivity contribution >= 4 is 10.9 Å². The number of aromatic nitrogens is 2. The molecule has 3 aromatic rings. The van der Waals surface area contributed by atoms with E-state index in [0.717, 1.165) is 5.52 Å². The standard InChI is InChI=1S/C18H19N3O/c1-12(14-8-4-3-5-9-14)19-13(2)17-20-16-11-7-6-10-15(16)18(22)21-17/h3-13,19H,1-2H3,(H,20,21,22)/t12-,13+/m1/s1. The summed E-state index contributed by atoms with van der Waals surface area (Å²) in [4.78, 5) is 19.6. The highest BCUT2D eigenvalue weighted by Crippen LogP contribution is 2.17. The molecular weight excluding hydrogens is 274 g/mol. The molecule has 4 nitrogen and oxygen atoms in total. The Kier molecular flexibility index (Phi) is 4.02. The number of benzene rings is 2. The summed E-state index contributed by atoms with van der Waals surface area (Å²) in [5.41, 5.74) is 1.83. The summed E-state index contributed by atoms with van der Waals surface area (Å²) in [6.07, 6.45) is 0. The van der Waals surface area contributed by atoms with Crippen LogP contribution >= 0.6 is 0 Å². The van der Waals surface area contributed by atoms with E-state index < -0.39 is 0 Å². The van der Waals surface area contributed by atoms with Crippen LogP contribution in [0.5, 0.6) is 0 Å². The smallest absolute Gasteiger partial charge is 0.258 e. The second-order valence-corrected chi connectivity index (χ2v) is 5.49. The molecule has 0 unspecified atom stereocenters. The Hall–Kier alpha value is -2.46. The molecule has 22 heavy (non-hydrogen) atoms. The average Bonchev–Trinajstić information content (AvgIpc) is 2.55. The summed E-state index contributed by atoms with van der Waals surface area (Å²) in [5.74, 6) is 0.659. The van der Waals surface area contributed by atoms with Gasteiger partial charge in [-0.2, -0.15) is 0 Å². The first-order valence-corrected chi connectivity index (χ1v) is 7.45. The highest BCUT2D eigenvalue weighted by molar-refractivity contribution is 5.77. The van der Waals surface area contributed by atoms with Crippen LogP contribution in [0.25, 0.3) is 10.9 Å². The Bertz CT molecular complexity index is 826. The lowest BCUT2D eigenvalue weighted by molar-refractivity contribution is 0.477. The van der Waals surface area contributed by atoms with Gasteiger partial charge in [0, 0.05) is 6.04 Å². The maximum Gasteiger partial charge on any atom is 0.258 e. The third kappa shape index (κ3) is 2.92. The number of para-hydroxylation sites is 1. The maximum absolute atomic E-state index is 12.1. The van der Waals surface area contributed by atoms with Crippen molar-refractivity contribution < 1.29 is 0 Å². The van der Waals surface area contributed by atoms with Crippen LogP contribution < -0.4 is 10.9 Å². The van der Waals surface area contributed by atoms with Crippen LogP contribution in [-0.4, -0.2) is 9.97 Å². The van der Waals surface area contributed by atoms with Gasteiger partial charge >= 0.3 is 0 Å². The Morgan fingerprint density at radius 2 is 1.64 bits per heavy atom. The minimum absolute atomic E-state index is 0.0486. The Morgan fingerprint density at radius 3 is 2.41 bits per heavy atom. The largest absolute Gasteiger partial charge is 0.309 e. The van der Waals surface area contributed by atoms with E-state index in [1.165, 1.54) is 5.56 Å². The summed E-state index contributed by atoms with van der Waals surface area (Å²) in [7, 11) is 0. The van der Waals surface area contributed by atoms with E-state index in [1.807, 2.05) is 43.3 Å². The topological polar surface area (TPSA) is 57.8 Å². The monoisotopic (exact) mass is 293 g/mol. The summed E-state index contributed by atoms with van der Waals surface area (Å²) in [6.45, 7) is 4.11. The molecule has 0 spiro atoms. The number of hydrogen-bond donors (Lipinski definition) is 2. The van der Waals surface area contributed by atoms with E-state index >= 15 is 0 Å². The highest BCUT2D eigenvalue weighted by Gasteiger charge is 2.14. The van der Waals surface area contributed by atoms with Gasteiger partial charge < -0.3 is 10.3 Å². The van der Waals surface area contributed by atoms with Gasteiger partial charge in [-0.25, -0.2) is 4.98 Å². The quantitative estimate of drug-likeness (QED) is 0.775. The van der Waals surface area contributed by atoms with E-state index in [1.54, 1.807) is 6.07 Å². The molecule has 0 radical (unpaired) electrons. The lowest BCUT2D eigenvalue weighted by Gasteiger charge is -2.20. The lowest BCUT2D eigenvalue weighted by atomic mass is 10.1. The molecule has 1 heterocycles. The van der Waals surface area contributed by atoms with Crippen molar-refractivity contribution in [2.45, 2.75) is 25.9 Å². The van der Waals surface area contributed by atoms with Crippen molar-refractivity contribution in [2.24, 2.45) is 0 Å². The molecule has 0 saturated heterocycles. The van der Waals surface area contributed by atoms with Crippen molar-refractivity contribution in [1.29, 1.82) is 0 Å². The number of nitrogens with one attached hydrogen (secondary N) is 2. The minimum Gasteiger partial charge on any atom is -0.309 e. The van der Waals surface area contributed by atoms with Crippen LogP contribution in [-0.2, 0) is 0 Å². The Labute approximate surface area is 129 Å². The number of rotatable bonds is 4. The molecule has 2 atom stereocenters. The number of nitrogens with zero attached hydrogens (tertiary/aromatic N) is 1.